The lowest BCUT2D eigenvalue weighted by molar-refractivity contribution is 0.0283. The highest BCUT2D eigenvalue weighted by molar-refractivity contribution is 5.68. The average Bonchev–Trinajstić information content (AvgIpc) is 2.62. The summed E-state index contributed by atoms with van der Waals surface area (Å²) in [5.41, 5.74) is -0.210. The van der Waals surface area contributed by atoms with E-state index in [1.165, 1.54) is 0 Å². The van der Waals surface area contributed by atoms with Gasteiger partial charge in [-0.25, -0.2) is 4.79 Å². The average molecular weight is 227 g/mol. The predicted octanol–water partition coefficient (Wildman–Crippen LogP) is 1.63. The number of ether oxygens (including phenoxy) is 1. The number of nitrogens with zero attached hydrogens (tertiary/aromatic N) is 1. The van der Waals surface area contributed by atoms with Gasteiger partial charge in [0, 0.05) is 19.7 Å². The summed E-state index contributed by atoms with van der Waals surface area (Å²) in [5.74, 6) is 0.403. The summed E-state index contributed by atoms with van der Waals surface area (Å²) in [5, 5.41) is 9.11. The smallest absolute Gasteiger partial charge is 0.410 e. The molecule has 2 atom stereocenters. The third kappa shape index (κ3) is 2.17. The fourth-order valence-corrected chi connectivity index (χ4v) is 2.57. The first-order valence-electron chi connectivity index (χ1n) is 5.95. The molecule has 1 N–H and O–H groups in total. The van der Waals surface area contributed by atoms with Crippen molar-refractivity contribution in [2.75, 3.05) is 19.7 Å². The Hall–Kier alpha value is -0.770. The molecule has 4 heteroatoms. The number of hydrogen-bond acceptors (Lipinski definition) is 3. The van der Waals surface area contributed by atoms with Gasteiger partial charge in [-0.1, -0.05) is 0 Å². The van der Waals surface area contributed by atoms with E-state index in [-0.39, 0.29) is 18.1 Å². The number of hydrogen-bond donors (Lipinski definition) is 1. The van der Waals surface area contributed by atoms with Crippen LogP contribution in [-0.2, 0) is 4.74 Å². The van der Waals surface area contributed by atoms with Gasteiger partial charge in [0.25, 0.3) is 0 Å². The number of amides is 1. The third-order valence-corrected chi connectivity index (χ3v) is 3.62. The largest absolute Gasteiger partial charge is 0.444 e. The first-order chi connectivity index (χ1) is 7.36. The number of aliphatic hydroxyl groups is 1. The maximum atomic E-state index is 11.8. The van der Waals surface area contributed by atoms with Gasteiger partial charge in [-0.15, -0.1) is 0 Å². The van der Waals surface area contributed by atoms with Crippen molar-refractivity contribution in [1.82, 2.24) is 4.90 Å². The molecule has 2 fully saturated rings. The number of rotatable bonds is 1. The van der Waals surface area contributed by atoms with Crippen LogP contribution in [0.2, 0.25) is 0 Å². The minimum Gasteiger partial charge on any atom is -0.444 e. The zero-order valence-corrected chi connectivity index (χ0v) is 10.3. The van der Waals surface area contributed by atoms with Gasteiger partial charge in [0.1, 0.15) is 5.60 Å². The van der Waals surface area contributed by atoms with Crippen LogP contribution in [0.5, 0.6) is 0 Å². The molecule has 2 unspecified atom stereocenters. The van der Waals surface area contributed by atoms with Crippen LogP contribution in [0, 0.1) is 11.3 Å². The van der Waals surface area contributed by atoms with Crippen molar-refractivity contribution >= 4 is 6.09 Å². The third-order valence-electron chi connectivity index (χ3n) is 3.62. The van der Waals surface area contributed by atoms with Gasteiger partial charge >= 0.3 is 6.09 Å². The number of aliphatic hydroxyl groups excluding tert-OH is 1. The molecule has 0 bridgehead atoms. The van der Waals surface area contributed by atoms with E-state index in [1.807, 2.05) is 20.8 Å². The fourth-order valence-electron chi connectivity index (χ4n) is 2.57. The van der Waals surface area contributed by atoms with E-state index >= 15 is 0 Å². The maximum absolute atomic E-state index is 11.8. The SMILES string of the molecule is CC(C)(C)OC(=O)N1CCC2(CC2CO)C1. The van der Waals surface area contributed by atoms with Crippen LogP contribution in [0.25, 0.3) is 0 Å². The molecule has 1 heterocycles. The highest BCUT2D eigenvalue weighted by Crippen LogP contribution is 2.58. The number of carbonyl (C=O) groups is 1. The van der Waals surface area contributed by atoms with E-state index in [9.17, 15) is 4.79 Å². The maximum Gasteiger partial charge on any atom is 0.410 e. The second-order valence-electron chi connectivity index (χ2n) is 6.10. The van der Waals surface area contributed by atoms with Gasteiger partial charge in [-0.05, 0) is 44.9 Å². The molecular weight excluding hydrogens is 206 g/mol. The predicted molar refractivity (Wildman–Crippen MR) is 60.0 cm³/mol. The Morgan fingerprint density at radius 1 is 1.56 bits per heavy atom. The zero-order valence-electron chi connectivity index (χ0n) is 10.3. The monoisotopic (exact) mass is 227 g/mol. The zero-order chi connectivity index (χ0) is 12.0. The van der Waals surface area contributed by atoms with Crippen molar-refractivity contribution in [3.8, 4) is 0 Å². The molecule has 0 aromatic rings. The van der Waals surface area contributed by atoms with Gasteiger partial charge in [-0.3, -0.25) is 0 Å². The highest BCUT2D eigenvalue weighted by Gasteiger charge is 2.57. The van der Waals surface area contributed by atoms with Crippen molar-refractivity contribution in [2.24, 2.45) is 11.3 Å². The summed E-state index contributed by atoms with van der Waals surface area (Å²) in [4.78, 5) is 13.6. The van der Waals surface area contributed by atoms with Crippen molar-refractivity contribution in [1.29, 1.82) is 0 Å². The number of carbonyl (C=O) groups excluding carboxylic acids is 1. The molecule has 0 radical (unpaired) electrons. The lowest BCUT2D eigenvalue weighted by Crippen LogP contribution is -2.35. The van der Waals surface area contributed by atoms with Gasteiger partial charge in [-0.2, -0.15) is 0 Å². The second kappa shape index (κ2) is 3.62. The standard InChI is InChI=1S/C12H21NO3/c1-11(2,3)16-10(15)13-5-4-12(8-13)6-9(12)7-14/h9,14H,4-8H2,1-3H3. The van der Waals surface area contributed by atoms with Gasteiger partial charge in [0.05, 0.1) is 0 Å². The Kier molecular flexibility index (Phi) is 2.65. The van der Waals surface area contributed by atoms with Crippen LogP contribution in [0.1, 0.15) is 33.6 Å². The van der Waals surface area contributed by atoms with E-state index in [1.54, 1.807) is 4.90 Å². The topological polar surface area (TPSA) is 49.8 Å². The molecule has 4 nitrogen and oxygen atoms in total. The van der Waals surface area contributed by atoms with Crippen LogP contribution in [0.3, 0.4) is 0 Å². The Labute approximate surface area is 96.6 Å². The van der Waals surface area contributed by atoms with Crippen LogP contribution >= 0.6 is 0 Å². The van der Waals surface area contributed by atoms with Gasteiger partial charge in [0.2, 0.25) is 0 Å². The van der Waals surface area contributed by atoms with Crippen molar-refractivity contribution < 1.29 is 14.6 Å². The van der Waals surface area contributed by atoms with E-state index in [2.05, 4.69) is 0 Å². The van der Waals surface area contributed by atoms with Gasteiger partial charge < -0.3 is 14.7 Å². The second-order valence-corrected chi connectivity index (χ2v) is 6.10. The van der Waals surface area contributed by atoms with E-state index in [4.69, 9.17) is 9.84 Å². The van der Waals surface area contributed by atoms with E-state index in [0.29, 0.717) is 5.92 Å². The molecule has 0 aromatic carbocycles. The van der Waals surface area contributed by atoms with Crippen LogP contribution in [0.15, 0.2) is 0 Å². The minimum atomic E-state index is -0.424. The molecule has 16 heavy (non-hydrogen) atoms. The molecule has 1 aliphatic heterocycles. The molecule has 1 saturated heterocycles. The summed E-state index contributed by atoms with van der Waals surface area (Å²) in [7, 11) is 0. The highest BCUT2D eigenvalue weighted by atomic mass is 16.6. The Morgan fingerprint density at radius 2 is 2.25 bits per heavy atom. The lowest BCUT2D eigenvalue weighted by atomic mass is 10.0. The van der Waals surface area contributed by atoms with Crippen LogP contribution in [-0.4, -0.2) is 41.4 Å². The minimum absolute atomic E-state index is 0.214. The number of likely N-dealkylation sites (tertiary alicyclic amines) is 1. The van der Waals surface area contributed by atoms with Gasteiger partial charge in [0.15, 0.2) is 0 Å². The molecule has 0 aromatic heterocycles. The first kappa shape index (κ1) is 11.7. The Balaban J connectivity index is 1.88. The molecule has 1 aliphatic carbocycles. The fraction of sp³-hybridized carbons (Fsp3) is 0.917. The lowest BCUT2D eigenvalue weighted by Gasteiger charge is -2.24. The quantitative estimate of drug-likeness (QED) is 0.740. The van der Waals surface area contributed by atoms with Crippen molar-refractivity contribution in [3.63, 3.8) is 0 Å². The molecule has 92 valence electrons. The summed E-state index contributed by atoms with van der Waals surface area (Å²) in [6, 6.07) is 0. The van der Waals surface area contributed by atoms with Crippen LogP contribution < -0.4 is 0 Å². The summed E-state index contributed by atoms with van der Waals surface area (Å²) in [6.45, 7) is 7.42. The molecule has 2 aliphatic rings. The molecule has 1 amide bonds. The summed E-state index contributed by atoms with van der Waals surface area (Å²) in [6.07, 6.45) is 1.85. The van der Waals surface area contributed by atoms with E-state index in [0.717, 1.165) is 25.9 Å². The van der Waals surface area contributed by atoms with Crippen molar-refractivity contribution in [2.45, 2.75) is 39.2 Å². The molecule has 1 spiro atoms. The Morgan fingerprint density at radius 3 is 2.75 bits per heavy atom. The first-order valence-corrected chi connectivity index (χ1v) is 5.95. The summed E-state index contributed by atoms with van der Waals surface area (Å²) >= 11 is 0. The van der Waals surface area contributed by atoms with Crippen molar-refractivity contribution in [3.05, 3.63) is 0 Å². The normalized spacial score (nSPS) is 33.2. The van der Waals surface area contributed by atoms with E-state index < -0.39 is 5.60 Å². The molecule has 2 rings (SSSR count). The summed E-state index contributed by atoms with van der Waals surface area (Å²) < 4.78 is 5.34. The Bertz CT molecular complexity index is 297. The van der Waals surface area contributed by atoms with Crippen LogP contribution in [0.4, 0.5) is 4.79 Å². The molecular formula is C12H21NO3. The molecule has 1 saturated carbocycles.